The first kappa shape index (κ1) is 14.9. The average molecular weight is 285 g/mol. The maximum absolute atomic E-state index is 11.2. The van der Waals surface area contributed by atoms with E-state index in [2.05, 4.69) is 13.8 Å². The van der Waals surface area contributed by atoms with E-state index in [9.17, 15) is 9.90 Å². The van der Waals surface area contributed by atoms with Crippen molar-refractivity contribution in [3.05, 3.63) is 53.1 Å². The van der Waals surface area contributed by atoms with Crippen molar-refractivity contribution in [1.82, 2.24) is 0 Å². The number of carboxylic acid groups (broad SMARTS) is 1. The van der Waals surface area contributed by atoms with E-state index in [1.807, 2.05) is 24.3 Å². The van der Waals surface area contributed by atoms with Gasteiger partial charge in [0.15, 0.2) is 0 Å². The molecular weight excluding hydrogens is 266 g/mol. The highest BCUT2D eigenvalue weighted by Crippen LogP contribution is 2.32. The summed E-state index contributed by atoms with van der Waals surface area (Å²) in [5, 5.41) is 9.19. The summed E-state index contributed by atoms with van der Waals surface area (Å²) in [6, 6.07) is 10.9. The van der Waals surface area contributed by atoms with Crippen LogP contribution in [0.1, 0.15) is 41.3 Å². The van der Waals surface area contributed by atoms with E-state index in [1.54, 1.807) is 13.0 Å². The maximum Gasteiger partial charge on any atom is 0.337 e. The third-order valence-electron chi connectivity index (χ3n) is 3.36. The molecule has 0 saturated carbocycles. The summed E-state index contributed by atoms with van der Waals surface area (Å²) in [5.41, 5.74) is 7.88. The Kier molecular flexibility index (Phi) is 4.17. The summed E-state index contributed by atoms with van der Waals surface area (Å²) in [6.07, 6.45) is 0. The van der Waals surface area contributed by atoms with Gasteiger partial charge in [0.2, 0.25) is 0 Å². The molecule has 0 aliphatic carbocycles. The van der Waals surface area contributed by atoms with Gasteiger partial charge in [-0.15, -0.1) is 0 Å². The van der Waals surface area contributed by atoms with Crippen LogP contribution in [-0.2, 0) is 0 Å². The zero-order chi connectivity index (χ0) is 15.6. The highest BCUT2D eigenvalue weighted by atomic mass is 16.5. The van der Waals surface area contributed by atoms with Crippen molar-refractivity contribution in [2.24, 2.45) is 0 Å². The normalized spacial score (nSPS) is 10.7. The van der Waals surface area contributed by atoms with Crippen LogP contribution in [0.5, 0.6) is 11.5 Å². The predicted octanol–water partition coefficient (Wildman–Crippen LogP) is 4.19. The molecular formula is C17H19NO3. The van der Waals surface area contributed by atoms with Gasteiger partial charge in [0, 0.05) is 5.69 Å². The molecule has 0 aromatic heterocycles. The lowest BCUT2D eigenvalue weighted by Crippen LogP contribution is -2.05. The van der Waals surface area contributed by atoms with Crippen molar-refractivity contribution < 1.29 is 14.6 Å². The van der Waals surface area contributed by atoms with Crippen molar-refractivity contribution in [2.75, 3.05) is 5.73 Å². The largest absolute Gasteiger partial charge is 0.478 e. The van der Waals surface area contributed by atoms with Gasteiger partial charge in [-0.3, -0.25) is 0 Å². The number of rotatable bonds is 4. The predicted molar refractivity (Wildman–Crippen MR) is 83.2 cm³/mol. The molecule has 0 spiro atoms. The Morgan fingerprint density at radius 3 is 2.52 bits per heavy atom. The van der Waals surface area contributed by atoms with Crippen LogP contribution in [-0.4, -0.2) is 11.1 Å². The molecule has 0 atom stereocenters. The first-order chi connectivity index (χ1) is 9.90. The SMILES string of the molecule is Cc1cc(Oc2ccccc2C(C)C)cc(C(=O)O)c1N. The number of para-hydroxylation sites is 1. The van der Waals surface area contributed by atoms with E-state index >= 15 is 0 Å². The van der Waals surface area contributed by atoms with E-state index in [4.69, 9.17) is 10.5 Å². The summed E-state index contributed by atoms with van der Waals surface area (Å²) >= 11 is 0. The molecule has 2 rings (SSSR count). The maximum atomic E-state index is 11.2. The minimum absolute atomic E-state index is 0.0621. The Balaban J connectivity index is 2.43. The van der Waals surface area contributed by atoms with Gasteiger partial charge in [-0.05, 0) is 42.2 Å². The van der Waals surface area contributed by atoms with E-state index in [0.29, 0.717) is 17.2 Å². The second-order valence-electron chi connectivity index (χ2n) is 5.30. The number of ether oxygens (including phenoxy) is 1. The van der Waals surface area contributed by atoms with Gasteiger partial charge >= 0.3 is 5.97 Å². The molecule has 21 heavy (non-hydrogen) atoms. The van der Waals surface area contributed by atoms with Crippen LogP contribution in [0.4, 0.5) is 5.69 Å². The summed E-state index contributed by atoms with van der Waals surface area (Å²) in [7, 11) is 0. The number of benzene rings is 2. The minimum Gasteiger partial charge on any atom is -0.478 e. The molecule has 3 N–H and O–H groups in total. The number of carboxylic acids is 1. The van der Waals surface area contributed by atoms with Gasteiger partial charge in [-0.2, -0.15) is 0 Å². The number of carbonyl (C=O) groups is 1. The Labute approximate surface area is 124 Å². The molecule has 0 fully saturated rings. The van der Waals surface area contributed by atoms with Crippen LogP contribution in [0.25, 0.3) is 0 Å². The topological polar surface area (TPSA) is 72.5 Å². The minimum atomic E-state index is -1.06. The molecule has 0 bridgehead atoms. The van der Waals surface area contributed by atoms with Crippen molar-refractivity contribution in [3.63, 3.8) is 0 Å². The first-order valence-corrected chi connectivity index (χ1v) is 6.80. The summed E-state index contributed by atoms with van der Waals surface area (Å²) in [4.78, 5) is 11.2. The lowest BCUT2D eigenvalue weighted by atomic mass is 10.0. The van der Waals surface area contributed by atoms with Crippen molar-refractivity contribution in [3.8, 4) is 11.5 Å². The Hall–Kier alpha value is -2.49. The number of nitrogen functional groups attached to an aromatic ring is 1. The Bertz CT molecular complexity index is 678. The molecule has 2 aromatic carbocycles. The third-order valence-corrected chi connectivity index (χ3v) is 3.36. The van der Waals surface area contributed by atoms with Crippen LogP contribution in [0.3, 0.4) is 0 Å². The fraction of sp³-hybridized carbons (Fsp3) is 0.235. The molecule has 0 unspecified atom stereocenters. The van der Waals surface area contributed by atoms with Gasteiger partial charge in [0.1, 0.15) is 11.5 Å². The highest BCUT2D eigenvalue weighted by Gasteiger charge is 2.14. The summed E-state index contributed by atoms with van der Waals surface area (Å²) < 4.78 is 5.88. The summed E-state index contributed by atoms with van der Waals surface area (Å²) in [5.74, 6) is 0.466. The number of hydrogen-bond donors (Lipinski definition) is 2. The molecule has 0 saturated heterocycles. The molecule has 0 radical (unpaired) electrons. The van der Waals surface area contributed by atoms with Crippen LogP contribution >= 0.6 is 0 Å². The molecule has 0 amide bonds. The van der Waals surface area contributed by atoms with Gasteiger partial charge in [-0.25, -0.2) is 4.79 Å². The lowest BCUT2D eigenvalue weighted by molar-refractivity contribution is 0.0697. The standard InChI is InChI=1S/C17H19NO3/c1-10(2)13-6-4-5-7-15(13)21-12-8-11(3)16(18)14(9-12)17(19)20/h4-10H,18H2,1-3H3,(H,19,20). The van der Waals surface area contributed by atoms with Gasteiger partial charge in [-0.1, -0.05) is 32.0 Å². The quantitative estimate of drug-likeness (QED) is 0.826. The van der Waals surface area contributed by atoms with Crippen LogP contribution < -0.4 is 10.5 Å². The second-order valence-corrected chi connectivity index (χ2v) is 5.30. The van der Waals surface area contributed by atoms with Crippen LogP contribution in [0, 0.1) is 6.92 Å². The van der Waals surface area contributed by atoms with Crippen molar-refractivity contribution in [2.45, 2.75) is 26.7 Å². The molecule has 4 heteroatoms. The molecule has 4 nitrogen and oxygen atoms in total. The van der Waals surface area contributed by atoms with E-state index < -0.39 is 5.97 Å². The molecule has 0 aliphatic rings. The van der Waals surface area contributed by atoms with Gasteiger partial charge in [0.05, 0.1) is 5.56 Å². The monoisotopic (exact) mass is 285 g/mol. The Morgan fingerprint density at radius 2 is 1.90 bits per heavy atom. The third kappa shape index (κ3) is 3.16. The number of hydrogen-bond acceptors (Lipinski definition) is 3. The van der Waals surface area contributed by atoms with E-state index in [-0.39, 0.29) is 11.3 Å². The zero-order valence-electron chi connectivity index (χ0n) is 12.4. The highest BCUT2D eigenvalue weighted by molar-refractivity contribution is 5.95. The Morgan fingerprint density at radius 1 is 1.24 bits per heavy atom. The lowest BCUT2D eigenvalue weighted by Gasteiger charge is -2.15. The van der Waals surface area contributed by atoms with Crippen LogP contribution in [0.2, 0.25) is 0 Å². The molecule has 0 aliphatic heterocycles. The van der Waals surface area contributed by atoms with E-state index in [0.717, 1.165) is 11.3 Å². The summed E-state index contributed by atoms with van der Waals surface area (Å²) in [6.45, 7) is 5.93. The number of aryl methyl sites for hydroxylation is 1. The molecule has 2 aromatic rings. The second kappa shape index (κ2) is 5.87. The number of aromatic carboxylic acids is 1. The average Bonchev–Trinajstić information content (AvgIpc) is 2.42. The first-order valence-electron chi connectivity index (χ1n) is 6.80. The number of nitrogens with two attached hydrogens (primary N) is 1. The smallest absolute Gasteiger partial charge is 0.337 e. The van der Waals surface area contributed by atoms with Gasteiger partial charge in [0.25, 0.3) is 0 Å². The fourth-order valence-corrected chi connectivity index (χ4v) is 2.18. The van der Waals surface area contributed by atoms with Crippen LogP contribution in [0.15, 0.2) is 36.4 Å². The van der Waals surface area contributed by atoms with Gasteiger partial charge < -0.3 is 15.6 Å². The van der Waals surface area contributed by atoms with Crippen molar-refractivity contribution in [1.29, 1.82) is 0 Å². The number of anilines is 1. The fourth-order valence-electron chi connectivity index (χ4n) is 2.18. The van der Waals surface area contributed by atoms with E-state index in [1.165, 1.54) is 6.07 Å². The molecule has 110 valence electrons. The van der Waals surface area contributed by atoms with Crippen molar-refractivity contribution >= 4 is 11.7 Å². The zero-order valence-corrected chi connectivity index (χ0v) is 12.4. The molecule has 0 heterocycles.